The molecule has 1 rings (SSSR count). The Morgan fingerprint density at radius 1 is 1.44 bits per heavy atom. The van der Waals surface area contributed by atoms with Gasteiger partial charge >= 0.3 is 5.97 Å². The number of aromatic nitrogens is 1. The van der Waals surface area contributed by atoms with E-state index in [-0.39, 0.29) is 11.0 Å². The number of ether oxygens (including phenoxy) is 1. The molecule has 0 saturated carbocycles. The van der Waals surface area contributed by atoms with E-state index in [1.807, 2.05) is 0 Å². The van der Waals surface area contributed by atoms with E-state index < -0.39 is 11.5 Å². The quantitative estimate of drug-likeness (QED) is 0.777. The van der Waals surface area contributed by atoms with Gasteiger partial charge < -0.3 is 9.72 Å². The lowest BCUT2D eigenvalue weighted by Crippen LogP contribution is -2.23. The van der Waals surface area contributed by atoms with E-state index in [0.717, 1.165) is 5.56 Å². The summed E-state index contributed by atoms with van der Waals surface area (Å²) in [5.74, 6) is -0.582. The molecule has 1 aromatic rings. The predicted octanol–water partition coefficient (Wildman–Crippen LogP) is 1.75. The van der Waals surface area contributed by atoms with E-state index in [2.05, 4.69) is 30.5 Å². The third-order valence-electron chi connectivity index (χ3n) is 2.16. The van der Waals surface area contributed by atoms with Gasteiger partial charge in [0.05, 0.1) is 7.11 Å². The van der Waals surface area contributed by atoms with Gasteiger partial charge in [-0.1, -0.05) is 20.8 Å². The van der Waals surface area contributed by atoms with Gasteiger partial charge in [0.15, 0.2) is 0 Å². The van der Waals surface area contributed by atoms with Gasteiger partial charge in [-0.05, 0) is 23.5 Å². The highest BCUT2D eigenvalue weighted by Crippen LogP contribution is 2.21. The molecule has 0 aliphatic rings. The first-order valence-electron chi connectivity index (χ1n) is 5.14. The molecule has 1 N–H and O–H groups in total. The molecule has 0 saturated heterocycles. The highest BCUT2D eigenvalue weighted by Gasteiger charge is 2.20. The first-order chi connectivity index (χ1) is 7.35. The van der Waals surface area contributed by atoms with Crippen LogP contribution in [0.25, 0.3) is 0 Å². The molecular formula is C12H17NO3. The summed E-state index contributed by atoms with van der Waals surface area (Å²) in [6.07, 6.45) is 2.21. The maximum atomic E-state index is 11.6. The summed E-state index contributed by atoms with van der Waals surface area (Å²) < 4.78 is 4.61. The highest BCUT2D eigenvalue weighted by atomic mass is 16.5. The molecular weight excluding hydrogens is 206 g/mol. The molecule has 0 fully saturated rings. The van der Waals surface area contributed by atoms with Gasteiger partial charge in [0.25, 0.3) is 5.56 Å². The van der Waals surface area contributed by atoms with Crippen molar-refractivity contribution in [1.29, 1.82) is 0 Å². The third kappa shape index (κ3) is 2.95. The van der Waals surface area contributed by atoms with Crippen LogP contribution in [0.1, 0.15) is 36.7 Å². The van der Waals surface area contributed by atoms with Crippen molar-refractivity contribution in [1.82, 2.24) is 4.98 Å². The summed E-state index contributed by atoms with van der Waals surface area (Å²) in [5.41, 5.74) is 0.452. The number of pyridine rings is 1. The van der Waals surface area contributed by atoms with Crippen LogP contribution in [-0.2, 0) is 11.2 Å². The molecule has 0 aliphatic heterocycles. The molecule has 0 bridgehead atoms. The molecule has 0 unspecified atom stereocenters. The van der Waals surface area contributed by atoms with Crippen LogP contribution in [0.15, 0.2) is 17.1 Å². The molecule has 0 radical (unpaired) electrons. The Kier molecular flexibility index (Phi) is 3.52. The van der Waals surface area contributed by atoms with Crippen molar-refractivity contribution in [2.75, 3.05) is 7.11 Å². The minimum Gasteiger partial charge on any atom is -0.465 e. The number of esters is 1. The Morgan fingerprint density at radius 3 is 2.56 bits per heavy atom. The van der Waals surface area contributed by atoms with Crippen LogP contribution >= 0.6 is 0 Å². The van der Waals surface area contributed by atoms with Crippen molar-refractivity contribution in [2.45, 2.75) is 27.2 Å². The van der Waals surface area contributed by atoms with E-state index in [0.29, 0.717) is 6.42 Å². The first kappa shape index (κ1) is 12.5. The monoisotopic (exact) mass is 223 g/mol. The number of aromatic amines is 1. The van der Waals surface area contributed by atoms with Crippen molar-refractivity contribution >= 4 is 5.97 Å². The molecule has 0 spiro atoms. The van der Waals surface area contributed by atoms with Crippen LogP contribution in [0.2, 0.25) is 0 Å². The number of carbonyl (C=O) groups excluding carboxylic acids is 1. The van der Waals surface area contributed by atoms with Crippen LogP contribution in [0.4, 0.5) is 0 Å². The Labute approximate surface area is 94.6 Å². The molecule has 1 heterocycles. The van der Waals surface area contributed by atoms with Gasteiger partial charge in [-0.2, -0.15) is 0 Å². The third-order valence-corrected chi connectivity index (χ3v) is 2.16. The van der Waals surface area contributed by atoms with Crippen molar-refractivity contribution < 1.29 is 9.53 Å². The number of hydrogen-bond donors (Lipinski definition) is 1. The van der Waals surface area contributed by atoms with Crippen molar-refractivity contribution in [3.63, 3.8) is 0 Å². The standard InChI is InChI=1S/C12H17NO3/c1-12(2,3)7-8-5-6-13-10(14)9(8)11(15)16-4/h5-6H,7H2,1-4H3,(H,13,14). The summed E-state index contributed by atoms with van der Waals surface area (Å²) >= 11 is 0. The van der Waals surface area contributed by atoms with E-state index in [9.17, 15) is 9.59 Å². The normalized spacial score (nSPS) is 11.2. The Balaban J connectivity index is 3.24. The second-order valence-electron chi connectivity index (χ2n) is 4.94. The Morgan fingerprint density at radius 2 is 2.06 bits per heavy atom. The summed E-state index contributed by atoms with van der Waals surface area (Å²) in [5, 5.41) is 0. The number of carbonyl (C=O) groups is 1. The van der Waals surface area contributed by atoms with Crippen LogP contribution in [-0.4, -0.2) is 18.1 Å². The average Bonchev–Trinajstić information content (AvgIpc) is 2.14. The number of methoxy groups -OCH3 is 1. The maximum absolute atomic E-state index is 11.6. The zero-order valence-corrected chi connectivity index (χ0v) is 10.1. The fraction of sp³-hybridized carbons (Fsp3) is 0.500. The largest absolute Gasteiger partial charge is 0.465 e. The molecule has 0 aliphatic carbocycles. The number of H-pyrrole nitrogens is 1. The van der Waals surface area contributed by atoms with E-state index in [1.54, 1.807) is 12.3 Å². The second-order valence-corrected chi connectivity index (χ2v) is 4.94. The Bertz CT molecular complexity index is 440. The SMILES string of the molecule is COC(=O)c1c(CC(C)(C)C)cc[nH]c1=O. The lowest BCUT2D eigenvalue weighted by molar-refractivity contribution is 0.0597. The van der Waals surface area contributed by atoms with Crippen LogP contribution in [0, 0.1) is 5.41 Å². The van der Waals surface area contributed by atoms with Gasteiger partial charge in [-0.25, -0.2) is 4.79 Å². The van der Waals surface area contributed by atoms with Crippen LogP contribution in [0.5, 0.6) is 0 Å². The van der Waals surface area contributed by atoms with Crippen LogP contribution in [0.3, 0.4) is 0 Å². The lowest BCUT2D eigenvalue weighted by atomic mass is 9.87. The fourth-order valence-corrected chi connectivity index (χ4v) is 1.56. The molecule has 0 aromatic carbocycles. The number of hydrogen-bond acceptors (Lipinski definition) is 3. The smallest absolute Gasteiger partial charge is 0.343 e. The fourth-order valence-electron chi connectivity index (χ4n) is 1.56. The van der Waals surface area contributed by atoms with Crippen molar-refractivity contribution in [3.8, 4) is 0 Å². The first-order valence-corrected chi connectivity index (χ1v) is 5.14. The number of nitrogens with one attached hydrogen (secondary N) is 1. The molecule has 88 valence electrons. The Hall–Kier alpha value is -1.58. The molecule has 0 atom stereocenters. The number of rotatable bonds is 2. The second kappa shape index (κ2) is 4.51. The molecule has 1 aromatic heterocycles. The summed E-state index contributed by atoms with van der Waals surface area (Å²) in [6, 6.07) is 1.75. The zero-order chi connectivity index (χ0) is 12.3. The minimum absolute atomic E-state index is 0.0105. The molecule has 16 heavy (non-hydrogen) atoms. The minimum atomic E-state index is -0.582. The maximum Gasteiger partial charge on any atom is 0.343 e. The predicted molar refractivity (Wildman–Crippen MR) is 61.6 cm³/mol. The van der Waals surface area contributed by atoms with Crippen molar-refractivity contribution in [3.05, 3.63) is 33.7 Å². The van der Waals surface area contributed by atoms with Gasteiger partial charge in [0.2, 0.25) is 0 Å². The average molecular weight is 223 g/mol. The van der Waals surface area contributed by atoms with E-state index in [1.165, 1.54) is 7.11 Å². The highest BCUT2D eigenvalue weighted by molar-refractivity contribution is 5.90. The van der Waals surface area contributed by atoms with Gasteiger partial charge in [0.1, 0.15) is 5.56 Å². The van der Waals surface area contributed by atoms with Gasteiger partial charge in [-0.3, -0.25) is 4.79 Å². The molecule has 0 amide bonds. The van der Waals surface area contributed by atoms with Gasteiger partial charge in [-0.15, -0.1) is 0 Å². The molecule has 4 heteroatoms. The summed E-state index contributed by atoms with van der Waals surface area (Å²) in [7, 11) is 1.27. The molecule has 4 nitrogen and oxygen atoms in total. The lowest BCUT2D eigenvalue weighted by Gasteiger charge is -2.19. The summed E-state index contributed by atoms with van der Waals surface area (Å²) in [4.78, 5) is 25.6. The topological polar surface area (TPSA) is 59.2 Å². The summed E-state index contributed by atoms with van der Waals surface area (Å²) in [6.45, 7) is 6.15. The van der Waals surface area contributed by atoms with E-state index >= 15 is 0 Å². The van der Waals surface area contributed by atoms with Crippen LogP contribution < -0.4 is 5.56 Å². The van der Waals surface area contributed by atoms with E-state index in [4.69, 9.17) is 0 Å². The zero-order valence-electron chi connectivity index (χ0n) is 10.1. The van der Waals surface area contributed by atoms with Gasteiger partial charge in [0, 0.05) is 6.20 Å². The van der Waals surface area contributed by atoms with Crippen molar-refractivity contribution in [2.24, 2.45) is 5.41 Å².